The van der Waals surface area contributed by atoms with Crippen LogP contribution in [0.25, 0.3) is 22.3 Å². The van der Waals surface area contributed by atoms with Crippen molar-refractivity contribution in [2.75, 3.05) is 45.9 Å². The average Bonchev–Trinajstić information content (AvgIpc) is 3.22. The van der Waals surface area contributed by atoms with E-state index in [0.29, 0.717) is 91.8 Å². The number of rotatable bonds is 11. The van der Waals surface area contributed by atoms with Crippen molar-refractivity contribution in [2.24, 2.45) is 0 Å². The molecule has 2 aliphatic heterocycles. The van der Waals surface area contributed by atoms with Gasteiger partial charge in [-0.3, -0.25) is 29.0 Å². The Morgan fingerprint density at radius 2 is 0.967 bits per heavy atom. The van der Waals surface area contributed by atoms with Gasteiger partial charge in [-0.1, -0.05) is 60.7 Å². The molecule has 2 aliphatic rings. The first-order valence-electron chi connectivity index (χ1n) is 19.5. The zero-order valence-corrected chi connectivity index (χ0v) is 32.8. The van der Waals surface area contributed by atoms with Crippen LogP contribution < -0.4 is 10.6 Å². The van der Waals surface area contributed by atoms with Crippen molar-refractivity contribution in [3.05, 3.63) is 119 Å². The van der Waals surface area contributed by atoms with Gasteiger partial charge in [0.15, 0.2) is 0 Å². The van der Waals surface area contributed by atoms with Crippen molar-refractivity contribution in [3.63, 3.8) is 0 Å². The Morgan fingerprint density at radius 3 is 1.32 bits per heavy atom. The number of halogens is 6. The Morgan fingerprint density at radius 1 is 0.600 bits per heavy atom. The van der Waals surface area contributed by atoms with E-state index in [4.69, 9.17) is 9.84 Å². The first-order chi connectivity index (χ1) is 28.5. The lowest BCUT2D eigenvalue weighted by Gasteiger charge is -2.31. The Bertz CT molecular complexity index is 2080. The number of amides is 2. The number of benzene rings is 4. The zero-order chi connectivity index (χ0) is 43.5. The smallest absolute Gasteiger partial charge is 0.416 e. The molecule has 6 rings (SSSR count). The lowest BCUT2D eigenvalue weighted by molar-refractivity contribution is -0.145. The van der Waals surface area contributed by atoms with E-state index >= 15 is 0 Å². The van der Waals surface area contributed by atoms with Crippen LogP contribution in [0.2, 0.25) is 0 Å². The highest BCUT2D eigenvalue weighted by molar-refractivity contribution is 6.01. The van der Waals surface area contributed by atoms with E-state index in [9.17, 15) is 45.5 Å². The van der Waals surface area contributed by atoms with Gasteiger partial charge in [-0.25, -0.2) is 0 Å². The molecule has 0 saturated carbocycles. The van der Waals surface area contributed by atoms with Gasteiger partial charge in [-0.2, -0.15) is 26.3 Å². The van der Waals surface area contributed by atoms with Gasteiger partial charge in [0.25, 0.3) is 11.8 Å². The van der Waals surface area contributed by atoms with Gasteiger partial charge in [0.05, 0.1) is 30.8 Å². The maximum absolute atomic E-state index is 12.9. The Labute approximate surface area is 343 Å². The molecule has 0 atom stereocenters. The second kappa shape index (κ2) is 20.5. The molecule has 4 aromatic carbocycles. The number of alkyl halides is 6. The topological polar surface area (TPSA) is 128 Å². The summed E-state index contributed by atoms with van der Waals surface area (Å²) in [4.78, 5) is 51.9. The summed E-state index contributed by atoms with van der Waals surface area (Å²) in [5.74, 6) is -1.69. The number of hydrogen-bond acceptors (Lipinski definition) is 7. The highest BCUT2D eigenvalue weighted by Gasteiger charge is 2.31. The summed E-state index contributed by atoms with van der Waals surface area (Å²) in [6.07, 6.45) is -6.13. The van der Waals surface area contributed by atoms with Gasteiger partial charge in [0.1, 0.15) is 0 Å². The SMILES string of the molecule is CCOC(=O)CN1CCC(NC(=O)c2ccccc2-c2ccc(C(F)(F)F)cc2)CC1.O=C(O)CN1CCC(NC(=O)c2ccccc2-c2ccc(C(F)(F)F)cc2)CC1. The van der Waals surface area contributed by atoms with E-state index < -0.39 is 29.4 Å². The molecule has 2 heterocycles. The Kier molecular flexibility index (Phi) is 15.5. The molecule has 0 spiro atoms. The summed E-state index contributed by atoms with van der Waals surface area (Å²) in [6.45, 7) is 4.85. The number of carboxylic acids is 1. The van der Waals surface area contributed by atoms with Crippen molar-refractivity contribution in [1.29, 1.82) is 0 Å². The van der Waals surface area contributed by atoms with Crippen LogP contribution in [0.15, 0.2) is 97.1 Å². The fraction of sp³-hybridized carbons (Fsp3) is 0.364. The summed E-state index contributed by atoms with van der Waals surface area (Å²) in [5.41, 5.74) is 1.54. The molecule has 0 aliphatic carbocycles. The number of carbonyl (C=O) groups excluding carboxylic acids is 3. The standard InChI is InChI=1S/C23H25F3N2O3.C21H21F3N2O3/c1-2-31-21(29)15-28-13-11-18(12-14-28)27-22(30)20-6-4-3-5-19(20)16-7-9-17(10-8-16)23(24,25)26;22-21(23,24)15-7-5-14(6-8-15)17-3-1-2-4-18(17)20(29)25-16-9-11-26(12-10-16)13-19(27)28/h3-10,18H,2,11-15H2,1H3,(H,27,30);1-8,16H,9-13H2,(H,25,29)(H,27,28). The highest BCUT2D eigenvalue weighted by atomic mass is 19.4. The molecular weight excluding hydrogens is 794 g/mol. The van der Waals surface area contributed by atoms with Crippen LogP contribution in [-0.2, 0) is 26.7 Å². The lowest BCUT2D eigenvalue weighted by Crippen LogP contribution is -2.46. The fourth-order valence-electron chi connectivity index (χ4n) is 7.12. The minimum absolute atomic E-state index is 0.0164. The quantitative estimate of drug-likeness (QED) is 0.103. The molecule has 2 amide bonds. The van der Waals surface area contributed by atoms with E-state index in [1.54, 1.807) is 55.5 Å². The number of carboxylic acid groups (broad SMARTS) is 1. The number of aliphatic carboxylic acids is 1. The van der Waals surface area contributed by atoms with Crippen LogP contribution in [0.4, 0.5) is 26.3 Å². The second-order valence-electron chi connectivity index (χ2n) is 14.5. The molecule has 0 aromatic heterocycles. The summed E-state index contributed by atoms with van der Waals surface area (Å²) in [6, 6.07) is 23.0. The van der Waals surface area contributed by atoms with Gasteiger partial charge < -0.3 is 20.5 Å². The van der Waals surface area contributed by atoms with E-state index in [2.05, 4.69) is 10.6 Å². The largest absolute Gasteiger partial charge is 0.480 e. The number of hydrogen-bond donors (Lipinski definition) is 3. The Hall–Kier alpha value is -5.74. The maximum atomic E-state index is 12.9. The average molecular weight is 841 g/mol. The number of nitrogens with one attached hydrogen (secondary N) is 2. The second-order valence-corrected chi connectivity index (χ2v) is 14.5. The van der Waals surface area contributed by atoms with Crippen LogP contribution in [0.1, 0.15) is 64.4 Å². The van der Waals surface area contributed by atoms with Crippen LogP contribution >= 0.6 is 0 Å². The van der Waals surface area contributed by atoms with E-state index in [-0.39, 0.29) is 43.0 Å². The third-order valence-electron chi connectivity index (χ3n) is 10.3. The minimum atomic E-state index is -4.41. The van der Waals surface area contributed by atoms with Crippen molar-refractivity contribution in [2.45, 2.75) is 57.0 Å². The van der Waals surface area contributed by atoms with Gasteiger partial charge >= 0.3 is 24.3 Å². The molecule has 320 valence electrons. The maximum Gasteiger partial charge on any atom is 0.416 e. The van der Waals surface area contributed by atoms with Gasteiger partial charge in [0, 0.05) is 49.4 Å². The van der Waals surface area contributed by atoms with Crippen molar-refractivity contribution in [1.82, 2.24) is 20.4 Å². The minimum Gasteiger partial charge on any atom is -0.480 e. The molecular formula is C44H46F6N4O6. The molecule has 0 radical (unpaired) electrons. The molecule has 60 heavy (non-hydrogen) atoms. The first-order valence-corrected chi connectivity index (χ1v) is 19.5. The highest BCUT2D eigenvalue weighted by Crippen LogP contribution is 2.33. The number of piperidine rings is 2. The van der Waals surface area contributed by atoms with Crippen LogP contribution in [0.5, 0.6) is 0 Å². The molecule has 0 bridgehead atoms. The molecule has 10 nitrogen and oxygen atoms in total. The lowest BCUT2D eigenvalue weighted by atomic mass is 9.97. The zero-order valence-electron chi connectivity index (χ0n) is 32.8. The number of ether oxygens (including phenoxy) is 1. The Balaban J connectivity index is 0.000000228. The summed E-state index contributed by atoms with van der Waals surface area (Å²) >= 11 is 0. The van der Waals surface area contributed by atoms with E-state index in [1.807, 2.05) is 9.80 Å². The monoisotopic (exact) mass is 840 g/mol. The van der Waals surface area contributed by atoms with Crippen LogP contribution in [0.3, 0.4) is 0 Å². The molecule has 3 N–H and O–H groups in total. The van der Waals surface area contributed by atoms with E-state index in [0.717, 1.165) is 24.3 Å². The number of likely N-dealkylation sites (tertiary alicyclic amines) is 2. The summed E-state index contributed by atoms with van der Waals surface area (Å²) in [7, 11) is 0. The van der Waals surface area contributed by atoms with Crippen LogP contribution in [0, 0.1) is 0 Å². The predicted molar refractivity (Wildman–Crippen MR) is 212 cm³/mol. The predicted octanol–water partition coefficient (Wildman–Crippen LogP) is 7.78. The molecule has 2 fully saturated rings. The fourth-order valence-corrected chi connectivity index (χ4v) is 7.12. The molecule has 0 unspecified atom stereocenters. The first kappa shape index (κ1) is 45.3. The summed E-state index contributed by atoms with van der Waals surface area (Å²) in [5, 5.41) is 14.8. The number of esters is 1. The van der Waals surface area contributed by atoms with Gasteiger partial charge in [-0.05, 0) is 91.3 Å². The summed E-state index contributed by atoms with van der Waals surface area (Å²) < 4.78 is 81.8. The van der Waals surface area contributed by atoms with Crippen molar-refractivity contribution >= 4 is 23.8 Å². The molecule has 16 heteroatoms. The van der Waals surface area contributed by atoms with Crippen molar-refractivity contribution < 1.29 is 55.4 Å². The molecule has 2 saturated heterocycles. The number of carbonyl (C=O) groups is 4. The van der Waals surface area contributed by atoms with Crippen molar-refractivity contribution in [3.8, 4) is 22.3 Å². The third-order valence-corrected chi connectivity index (χ3v) is 10.3. The molecule has 4 aromatic rings. The third kappa shape index (κ3) is 12.9. The number of nitrogens with zero attached hydrogens (tertiary/aromatic N) is 2. The normalized spacial score (nSPS) is 15.7. The van der Waals surface area contributed by atoms with E-state index in [1.165, 1.54) is 24.3 Å². The van der Waals surface area contributed by atoms with Gasteiger partial charge in [-0.15, -0.1) is 0 Å². The van der Waals surface area contributed by atoms with Gasteiger partial charge in [0.2, 0.25) is 0 Å². The van der Waals surface area contributed by atoms with Crippen LogP contribution in [-0.4, -0.2) is 96.6 Å².